The highest BCUT2D eigenvalue weighted by atomic mass is 35.5. The number of halogens is 1. The van der Waals surface area contributed by atoms with Gasteiger partial charge in [0.2, 0.25) is 0 Å². The summed E-state index contributed by atoms with van der Waals surface area (Å²) < 4.78 is 5.10. The summed E-state index contributed by atoms with van der Waals surface area (Å²) in [6.45, 7) is 1.62. The third-order valence-corrected chi connectivity index (χ3v) is 1.88. The van der Waals surface area contributed by atoms with Crippen LogP contribution in [-0.2, 0) is 9.53 Å². The van der Waals surface area contributed by atoms with Gasteiger partial charge in [-0.2, -0.15) is 0 Å². The fraction of sp³-hybridized carbons (Fsp3) is 0.857. The minimum atomic E-state index is 0. The first-order chi connectivity index (χ1) is 4.84. The second-order valence-electron chi connectivity index (χ2n) is 2.56. The molecule has 0 spiro atoms. The maximum atomic E-state index is 11.0. The van der Waals surface area contributed by atoms with Crippen LogP contribution in [0.5, 0.6) is 0 Å². The molecular weight excluding hydrogens is 166 g/mol. The highest BCUT2D eigenvalue weighted by Gasteiger charge is 2.19. The topological polar surface area (TPSA) is 52.3 Å². The molecule has 2 N–H and O–H groups in total. The van der Waals surface area contributed by atoms with E-state index in [9.17, 15) is 4.79 Å². The summed E-state index contributed by atoms with van der Waals surface area (Å²) in [5.41, 5.74) is 5.21. The summed E-state index contributed by atoms with van der Waals surface area (Å²) in [6.07, 6.45) is 1.71. The number of rotatable bonds is 2. The second-order valence-corrected chi connectivity index (χ2v) is 2.56. The monoisotopic (exact) mass is 179 g/mol. The molecule has 0 saturated carbocycles. The molecular formula is C7H14ClNO2. The van der Waals surface area contributed by atoms with Gasteiger partial charge in [0.25, 0.3) is 0 Å². The maximum Gasteiger partial charge on any atom is 0.149 e. The van der Waals surface area contributed by atoms with Crippen molar-refractivity contribution in [3.05, 3.63) is 0 Å². The summed E-state index contributed by atoms with van der Waals surface area (Å²) in [7, 11) is 0. The normalized spacial score (nSPS) is 19.0. The van der Waals surface area contributed by atoms with Crippen molar-refractivity contribution >= 4 is 18.2 Å². The van der Waals surface area contributed by atoms with Gasteiger partial charge >= 0.3 is 0 Å². The molecule has 0 atom stereocenters. The first-order valence-corrected chi connectivity index (χ1v) is 3.65. The number of hydrogen-bond donors (Lipinski definition) is 1. The van der Waals surface area contributed by atoms with Gasteiger partial charge in [-0.15, -0.1) is 12.4 Å². The lowest BCUT2D eigenvalue weighted by Crippen LogP contribution is -2.28. The van der Waals surface area contributed by atoms with Crippen molar-refractivity contribution < 1.29 is 9.53 Å². The van der Waals surface area contributed by atoms with Gasteiger partial charge in [0.05, 0.1) is 6.54 Å². The molecule has 0 amide bonds. The van der Waals surface area contributed by atoms with E-state index in [1.807, 2.05) is 0 Å². The number of nitrogens with two attached hydrogens (primary N) is 1. The number of carbonyl (C=O) groups is 1. The predicted molar refractivity (Wildman–Crippen MR) is 44.9 cm³/mol. The van der Waals surface area contributed by atoms with Crippen LogP contribution in [0, 0.1) is 5.92 Å². The summed E-state index contributed by atoms with van der Waals surface area (Å²) in [4.78, 5) is 11.0. The van der Waals surface area contributed by atoms with Crippen LogP contribution in [0.15, 0.2) is 0 Å². The second kappa shape index (κ2) is 5.52. The van der Waals surface area contributed by atoms with Crippen molar-refractivity contribution in [3.63, 3.8) is 0 Å². The van der Waals surface area contributed by atoms with Crippen molar-refractivity contribution in [3.8, 4) is 0 Å². The van der Waals surface area contributed by atoms with Gasteiger partial charge in [-0.05, 0) is 12.8 Å². The largest absolute Gasteiger partial charge is 0.381 e. The first kappa shape index (κ1) is 10.9. The Morgan fingerprint density at radius 1 is 1.45 bits per heavy atom. The number of ketones is 1. The fourth-order valence-corrected chi connectivity index (χ4v) is 1.19. The van der Waals surface area contributed by atoms with E-state index < -0.39 is 0 Å². The number of ether oxygens (including phenoxy) is 1. The van der Waals surface area contributed by atoms with E-state index in [1.165, 1.54) is 0 Å². The molecule has 0 bridgehead atoms. The quantitative estimate of drug-likeness (QED) is 0.666. The summed E-state index contributed by atoms with van der Waals surface area (Å²) in [5.74, 6) is 0.363. The average Bonchev–Trinajstić information content (AvgIpc) is 2.05. The van der Waals surface area contributed by atoms with Crippen LogP contribution in [0.25, 0.3) is 0 Å². The van der Waals surface area contributed by atoms with Crippen LogP contribution in [0.3, 0.4) is 0 Å². The van der Waals surface area contributed by atoms with Crippen molar-refractivity contribution in [2.24, 2.45) is 11.7 Å². The van der Waals surface area contributed by atoms with Crippen molar-refractivity contribution in [1.29, 1.82) is 0 Å². The van der Waals surface area contributed by atoms with Crippen molar-refractivity contribution in [2.45, 2.75) is 12.8 Å². The Bertz CT molecular complexity index is 124. The molecule has 66 valence electrons. The summed E-state index contributed by atoms with van der Waals surface area (Å²) in [5, 5.41) is 0. The zero-order chi connectivity index (χ0) is 7.40. The lowest BCUT2D eigenvalue weighted by molar-refractivity contribution is -0.124. The Morgan fingerprint density at radius 3 is 2.45 bits per heavy atom. The van der Waals surface area contributed by atoms with E-state index in [-0.39, 0.29) is 30.7 Å². The average molecular weight is 180 g/mol. The van der Waals surface area contributed by atoms with Gasteiger partial charge in [0.15, 0.2) is 0 Å². The molecule has 1 aliphatic rings. The summed E-state index contributed by atoms with van der Waals surface area (Å²) in [6, 6.07) is 0. The zero-order valence-corrected chi connectivity index (χ0v) is 7.23. The smallest absolute Gasteiger partial charge is 0.149 e. The lowest BCUT2D eigenvalue weighted by Gasteiger charge is -2.19. The third kappa shape index (κ3) is 3.18. The Balaban J connectivity index is 0.000001000. The molecule has 0 aromatic heterocycles. The molecule has 0 unspecified atom stereocenters. The van der Waals surface area contributed by atoms with Crippen molar-refractivity contribution in [2.75, 3.05) is 19.8 Å². The molecule has 1 rings (SSSR count). The molecule has 0 aromatic carbocycles. The third-order valence-electron chi connectivity index (χ3n) is 1.88. The molecule has 0 aromatic rings. The molecule has 4 heteroatoms. The predicted octanol–water partition coefficient (Wildman–Crippen LogP) is 0.363. The molecule has 3 nitrogen and oxygen atoms in total. The van der Waals surface area contributed by atoms with Gasteiger partial charge in [0, 0.05) is 19.1 Å². The first-order valence-electron chi connectivity index (χ1n) is 3.65. The molecule has 1 aliphatic heterocycles. The van der Waals surface area contributed by atoms with E-state index in [1.54, 1.807) is 0 Å². The minimum absolute atomic E-state index is 0. The van der Waals surface area contributed by atoms with E-state index >= 15 is 0 Å². The van der Waals surface area contributed by atoms with Crippen LogP contribution in [0.2, 0.25) is 0 Å². The summed E-state index contributed by atoms with van der Waals surface area (Å²) >= 11 is 0. The van der Waals surface area contributed by atoms with Crippen LogP contribution < -0.4 is 5.73 Å². The Hall–Kier alpha value is -0.120. The SMILES string of the molecule is Cl.NCC(=O)C1CCOCC1. The Labute approximate surface area is 72.7 Å². The van der Waals surface area contributed by atoms with E-state index in [0.29, 0.717) is 0 Å². The zero-order valence-electron chi connectivity index (χ0n) is 6.41. The minimum Gasteiger partial charge on any atom is -0.381 e. The molecule has 1 heterocycles. The fourth-order valence-electron chi connectivity index (χ4n) is 1.19. The van der Waals surface area contributed by atoms with E-state index in [0.717, 1.165) is 26.1 Å². The number of hydrogen-bond acceptors (Lipinski definition) is 3. The van der Waals surface area contributed by atoms with Crippen molar-refractivity contribution in [1.82, 2.24) is 0 Å². The molecule has 0 radical (unpaired) electrons. The maximum absolute atomic E-state index is 11.0. The van der Waals surface area contributed by atoms with Crippen LogP contribution in [-0.4, -0.2) is 25.5 Å². The van der Waals surface area contributed by atoms with Crippen LogP contribution >= 0.6 is 12.4 Å². The standard InChI is InChI=1S/C7H13NO2.ClH/c8-5-7(9)6-1-3-10-4-2-6;/h6H,1-5,8H2;1H. The highest BCUT2D eigenvalue weighted by Crippen LogP contribution is 2.14. The van der Waals surface area contributed by atoms with Gasteiger partial charge in [-0.3, -0.25) is 4.79 Å². The highest BCUT2D eigenvalue weighted by molar-refractivity contribution is 5.85. The molecule has 1 fully saturated rings. The van der Waals surface area contributed by atoms with E-state index in [4.69, 9.17) is 10.5 Å². The molecule has 11 heavy (non-hydrogen) atoms. The lowest BCUT2D eigenvalue weighted by atomic mass is 9.96. The van der Waals surface area contributed by atoms with E-state index in [2.05, 4.69) is 0 Å². The van der Waals surface area contributed by atoms with Gasteiger partial charge in [-0.25, -0.2) is 0 Å². The van der Waals surface area contributed by atoms with Crippen LogP contribution in [0.4, 0.5) is 0 Å². The number of carbonyl (C=O) groups excluding carboxylic acids is 1. The molecule has 1 saturated heterocycles. The molecule has 0 aliphatic carbocycles. The number of Topliss-reactive ketones (excluding diaryl/α,β-unsaturated/α-hetero) is 1. The van der Waals surface area contributed by atoms with Gasteiger partial charge in [0.1, 0.15) is 5.78 Å². The van der Waals surface area contributed by atoms with Gasteiger partial charge < -0.3 is 10.5 Å². The van der Waals surface area contributed by atoms with Crippen LogP contribution in [0.1, 0.15) is 12.8 Å². The Kier molecular flexibility index (Phi) is 5.46. The van der Waals surface area contributed by atoms with Gasteiger partial charge in [-0.1, -0.05) is 0 Å². The Morgan fingerprint density at radius 2 is 2.00 bits per heavy atom.